The van der Waals surface area contributed by atoms with E-state index in [1.807, 2.05) is 39.0 Å². The molecule has 1 aromatic heterocycles. The van der Waals surface area contributed by atoms with Crippen molar-refractivity contribution in [2.24, 2.45) is 0 Å². The van der Waals surface area contributed by atoms with Crippen molar-refractivity contribution < 1.29 is 18.7 Å². The highest BCUT2D eigenvalue weighted by atomic mass is 35.5. The number of hydrogen-bond donors (Lipinski definition) is 2. The van der Waals surface area contributed by atoms with Crippen LogP contribution in [0.5, 0.6) is 0 Å². The van der Waals surface area contributed by atoms with Crippen molar-refractivity contribution in [3.05, 3.63) is 41.4 Å². The van der Waals surface area contributed by atoms with Crippen LogP contribution in [0.25, 0.3) is 11.3 Å². The van der Waals surface area contributed by atoms with Gasteiger partial charge in [-0.3, -0.25) is 4.79 Å². The number of nitrogens with one attached hydrogen (secondary N) is 2. The SMILES string of the molecule is CC(C)(C)OC(=O)NC1(CNC(=O)CCc2ncc(-c3ccccc3Cl)o2)CCCCC1. The average Bonchev–Trinajstić information content (AvgIpc) is 3.19. The van der Waals surface area contributed by atoms with E-state index in [1.54, 1.807) is 12.3 Å². The number of ether oxygens (including phenoxy) is 1. The molecule has 7 nitrogen and oxygen atoms in total. The van der Waals surface area contributed by atoms with E-state index in [-0.39, 0.29) is 12.3 Å². The van der Waals surface area contributed by atoms with Crippen LogP contribution in [0, 0.1) is 0 Å². The standard InChI is InChI=1S/C24H32ClN3O4/c1-23(2,3)32-22(30)28-24(13-7-4-8-14-24)16-27-20(29)11-12-21-26-15-19(31-21)17-9-5-6-10-18(17)25/h5-6,9-10,15H,4,7-8,11-14,16H2,1-3H3,(H,27,29)(H,28,30). The Labute approximate surface area is 194 Å². The molecule has 32 heavy (non-hydrogen) atoms. The lowest BCUT2D eigenvalue weighted by Gasteiger charge is -2.38. The van der Waals surface area contributed by atoms with Gasteiger partial charge in [0.05, 0.1) is 16.8 Å². The van der Waals surface area contributed by atoms with Crippen LogP contribution in [0.2, 0.25) is 5.02 Å². The summed E-state index contributed by atoms with van der Waals surface area (Å²) < 4.78 is 11.2. The third-order valence-electron chi connectivity index (χ3n) is 5.46. The first-order valence-corrected chi connectivity index (χ1v) is 11.5. The summed E-state index contributed by atoms with van der Waals surface area (Å²) in [6, 6.07) is 7.38. The van der Waals surface area contributed by atoms with E-state index in [2.05, 4.69) is 15.6 Å². The Balaban J connectivity index is 1.52. The van der Waals surface area contributed by atoms with Gasteiger partial charge in [0.2, 0.25) is 5.91 Å². The van der Waals surface area contributed by atoms with Gasteiger partial charge in [-0.25, -0.2) is 9.78 Å². The van der Waals surface area contributed by atoms with Crippen molar-refractivity contribution in [2.75, 3.05) is 6.54 Å². The lowest BCUT2D eigenvalue weighted by molar-refractivity contribution is -0.121. The van der Waals surface area contributed by atoms with Crippen LogP contribution in [-0.4, -0.2) is 34.7 Å². The van der Waals surface area contributed by atoms with Gasteiger partial charge in [0.25, 0.3) is 0 Å². The fourth-order valence-corrected chi connectivity index (χ4v) is 4.11. The molecule has 1 aliphatic rings. The van der Waals surface area contributed by atoms with Crippen molar-refractivity contribution >= 4 is 23.6 Å². The second kappa shape index (κ2) is 10.4. The molecule has 174 valence electrons. The highest BCUT2D eigenvalue weighted by Crippen LogP contribution is 2.29. The summed E-state index contributed by atoms with van der Waals surface area (Å²) in [5.74, 6) is 0.946. The monoisotopic (exact) mass is 461 g/mol. The van der Waals surface area contributed by atoms with E-state index in [4.69, 9.17) is 20.8 Å². The Hall–Kier alpha value is -2.54. The molecule has 0 unspecified atom stereocenters. The van der Waals surface area contributed by atoms with Crippen molar-refractivity contribution in [1.82, 2.24) is 15.6 Å². The maximum atomic E-state index is 12.5. The third-order valence-corrected chi connectivity index (χ3v) is 5.79. The van der Waals surface area contributed by atoms with E-state index >= 15 is 0 Å². The number of benzene rings is 1. The second-order valence-electron chi connectivity index (χ2n) is 9.34. The number of carbonyl (C=O) groups excluding carboxylic acids is 2. The zero-order chi connectivity index (χ0) is 23.2. The molecule has 0 spiro atoms. The Morgan fingerprint density at radius 3 is 2.59 bits per heavy atom. The minimum absolute atomic E-state index is 0.113. The topological polar surface area (TPSA) is 93.5 Å². The molecule has 1 aromatic carbocycles. The van der Waals surface area contributed by atoms with E-state index in [0.29, 0.717) is 29.6 Å². The van der Waals surface area contributed by atoms with E-state index in [1.165, 1.54) is 0 Å². The average molecular weight is 462 g/mol. The number of alkyl carbamates (subject to hydrolysis) is 1. The Kier molecular flexibility index (Phi) is 7.82. The number of aryl methyl sites for hydroxylation is 1. The summed E-state index contributed by atoms with van der Waals surface area (Å²) in [4.78, 5) is 29.1. The summed E-state index contributed by atoms with van der Waals surface area (Å²) in [6.07, 6.45) is 6.56. The summed E-state index contributed by atoms with van der Waals surface area (Å²) in [7, 11) is 0. The van der Waals surface area contributed by atoms with E-state index in [0.717, 1.165) is 37.7 Å². The molecular weight excluding hydrogens is 430 g/mol. The number of rotatable bonds is 7. The van der Waals surface area contributed by atoms with Crippen LogP contribution < -0.4 is 10.6 Å². The molecule has 0 radical (unpaired) electrons. The molecule has 3 rings (SSSR count). The molecule has 1 heterocycles. The minimum Gasteiger partial charge on any atom is -0.444 e. The lowest BCUT2D eigenvalue weighted by Crippen LogP contribution is -2.57. The number of oxazole rings is 1. The number of amides is 2. The first kappa shape index (κ1) is 24.1. The summed E-state index contributed by atoms with van der Waals surface area (Å²) in [6.45, 7) is 5.88. The molecule has 2 aromatic rings. The van der Waals surface area contributed by atoms with Crippen molar-refractivity contribution in [2.45, 2.75) is 76.9 Å². The number of aromatic nitrogens is 1. The predicted molar refractivity (Wildman–Crippen MR) is 123 cm³/mol. The molecule has 0 saturated heterocycles. The summed E-state index contributed by atoms with van der Waals surface area (Å²) in [5.41, 5.74) is -0.275. The van der Waals surface area contributed by atoms with Gasteiger partial charge < -0.3 is 19.8 Å². The van der Waals surface area contributed by atoms with Crippen LogP contribution in [0.4, 0.5) is 4.79 Å². The Bertz CT molecular complexity index is 929. The molecular formula is C24H32ClN3O4. The van der Waals surface area contributed by atoms with Crippen molar-refractivity contribution in [3.63, 3.8) is 0 Å². The van der Waals surface area contributed by atoms with Crippen LogP contribution in [0.1, 0.15) is 65.2 Å². The summed E-state index contributed by atoms with van der Waals surface area (Å²) in [5, 5.41) is 6.59. The van der Waals surface area contributed by atoms with Gasteiger partial charge in [-0.15, -0.1) is 0 Å². The molecule has 0 bridgehead atoms. The van der Waals surface area contributed by atoms with E-state index < -0.39 is 17.2 Å². The summed E-state index contributed by atoms with van der Waals surface area (Å²) >= 11 is 6.20. The lowest BCUT2D eigenvalue weighted by atomic mass is 9.81. The predicted octanol–water partition coefficient (Wildman–Crippen LogP) is 5.27. The third kappa shape index (κ3) is 6.99. The molecule has 0 atom stereocenters. The van der Waals surface area contributed by atoms with Gasteiger partial charge in [0, 0.05) is 24.9 Å². The molecule has 0 aliphatic heterocycles. The van der Waals surface area contributed by atoms with Gasteiger partial charge >= 0.3 is 6.09 Å². The fourth-order valence-electron chi connectivity index (χ4n) is 3.88. The van der Waals surface area contributed by atoms with Gasteiger partial charge in [-0.1, -0.05) is 43.0 Å². The normalized spacial score (nSPS) is 15.8. The maximum absolute atomic E-state index is 12.5. The molecule has 1 saturated carbocycles. The molecule has 8 heteroatoms. The van der Waals surface area contributed by atoms with Crippen molar-refractivity contribution in [3.8, 4) is 11.3 Å². The number of carbonyl (C=O) groups is 2. The van der Waals surface area contributed by atoms with Crippen LogP contribution in [-0.2, 0) is 16.0 Å². The van der Waals surface area contributed by atoms with Crippen LogP contribution in [0.3, 0.4) is 0 Å². The van der Waals surface area contributed by atoms with Crippen molar-refractivity contribution in [1.29, 1.82) is 0 Å². The minimum atomic E-state index is -0.567. The number of nitrogens with zero attached hydrogens (tertiary/aromatic N) is 1. The highest BCUT2D eigenvalue weighted by molar-refractivity contribution is 6.33. The van der Waals surface area contributed by atoms with E-state index in [9.17, 15) is 9.59 Å². The number of halogens is 1. The van der Waals surface area contributed by atoms with Gasteiger partial charge in [-0.2, -0.15) is 0 Å². The molecule has 1 aliphatic carbocycles. The molecule has 2 N–H and O–H groups in total. The van der Waals surface area contributed by atoms with Gasteiger partial charge in [0.15, 0.2) is 11.7 Å². The largest absolute Gasteiger partial charge is 0.444 e. The highest BCUT2D eigenvalue weighted by Gasteiger charge is 2.35. The van der Waals surface area contributed by atoms with Crippen LogP contribution in [0.15, 0.2) is 34.9 Å². The zero-order valence-electron chi connectivity index (χ0n) is 19.0. The van der Waals surface area contributed by atoms with Gasteiger partial charge in [-0.05, 0) is 45.7 Å². The Morgan fingerprint density at radius 1 is 1.19 bits per heavy atom. The van der Waals surface area contributed by atoms with Crippen LogP contribution >= 0.6 is 11.6 Å². The van der Waals surface area contributed by atoms with Gasteiger partial charge in [0.1, 0.15) is 5.60 Å². The first-order chi connectivity index (χ1) is 15.2. The quantitative estimate of drug-likeness (QED) is 0.585. The first-order valence-electron chi connectivity index (χ1n) is 11.1. The molecule has 2 amide bonds. The zero-order valence-corrected chi connectivity index (χ0v) is 19.8. The second-order valence-corrected chi connectivity index (χ2v) is 9.75. The smallest absolute Gasteiger partial charge is 0.408 e. The molecule has 1 fully saturated rings. The fraction of sp³-hybridized carbons (Fsp3) is 0.542. The Morgan fingerprint density at radius 2 is 1.91 bits per heavy atom. The maximum Gasteiger partial charge on any atom is 0.408 e. The number of hydrogen-bond acceptors (Lipinski definition) is 5.